The Morgan fingerprint density at radius 1 is 0.769 bits per heavy atom. The minimum absolute atomic E-state index is 0.171. The van der Waals surface area contributed by atoms with Crippen LogP contribution in [0, 0.1) is 0 Å². The van der Waals surface area contributed by atoms with Crippen LogP contribution < -0.4 is 4.72 Å². The first-order chi connectivity index (χ1) is 12.5. The van der Waals surface area contributed by atoms with Gasteiger partial charge in [-0.2, -0.15) is 0 Å². The van der Waals surface area contributed by atoms with Crippen LogP contribution in [-0.2, 0) is 19.6 Å². The van der Waals surface area contributed by atoms with E-state index in [9.17, 15) is 18.0 Å². The molecule has 0 saturated carbocycles. The van der Waals surface area contributed by atoms with E-state index in [1.165, 1.54) is 64.2 Å². The van der Waals surface area contributed by atoms with E-state index in [0.29, 0.717) is 6.29 Å². The molecule has 0 saturated heterocycles. The van der Waals surface area contributed by atoms with Crippen LogP contribution in [0.5, 0.6) is 0 Å². The lowest BCUT2D eigenvalue weighted by molar-refractivity contribution is -0.119. The lowest BCUT2D eigenvalue weighted by atomic mass is 10.0. The van der Waals surface area contributed by atoms with E-state index in [1.54, 1.807) is 0 Å². The van der Waals surface area contributed by atoms with Crippen molar-refractivity contribution >= 4 is 22.2 Å². The van der Waals surface area contributed by atoms with Crippen LogP contribution in [0.4, 0.5) is 0 Å². The number of amides is 1. The highest BCUT2D eigenvalue weighted by Crippen LogP contribution is 2.13. The number of carbonyl (C=O) groups is 2. The van der Waals surface area contributed by atoms with E-state index in [4.69, 9.17) is 0 Å². The molecule has 1 amide bonds. The molecule has 0 unspecified atom stereocenters. The van der Waals surface area contributed by atoms with Gasteiger partial charge in [0.2, 0.25) is 15.9 Å². The van der Waals surface area contributed by atoms with Crippen LogP contribution in [0.15, 0.2) is 0 Å². The molecule has 0 atom stereocenters. The van der Waals surface area contributed by atoms with Gasteiger partial charge in [-0.05, 0) is 12.8 Å². The Morgan fingerprint density at radius 3 is 1.69 bits per heavy atom. The molecule has 26 heavy (non-hydrogen) atoms. The second kappa shape index (κ2) is 17.5. The van der Waals surface area contributed by atoms with Crippen LogP contribution in [0.1, 0.15) is 110 Å². The highest BCUT2D eigenvalue weighted by Gasteiger charge is 2.13. The fraction of sp³-hybridized carbons (Fsp3) is 0.900. The van der Waals surface area contributed by atoms with Crippen molar-refractivity contribution in [3.05, 3.63) is 0 Å². The van der Waals surface area contributed by atoms with E-state index < -0.39 is 15.9 Å². The SMILES string of the molecule is CCCCCCCCCCCCCCCC(=O)NS(=O)(=O)CCCC=O. The minimum Gasteiger partial charge on any atom is -0.303 e. The van der Waals surface area contributed by atoms with Crippen LogP contribution in [0.2, 0.25) is 0 Å². The molecule has 0 rings (SSSR count). The summed E-state index contributed by atoms with van der Waals surface area (Å²) in [5, 5.41) is 0. The van der Waals surface area contributed by atoms with Crippen LogP contribution in [-0.4, -0.2) is 26.4 Å². The normalized spacial score (nSPS) is 11.4. The van der Waals surface area contributed by atoms with Crippen LogP contribution in [0.3, 0.4) is 0 Å². The molecule has 0 aromatic heterocycles. The summed E-state index contributed by atoms with van der Waals surface area (Å²) in [7, 11) is -3.58. The second-order valence-corrected chi connectivity index (χ2v) is 8.99. The summed E-state index contributed by atoms with van der Waals surface area (Å²) in [4.78, 5) is 21.8. The van der Waals surface area contributed by atoms with Gasteiger partial charge in [-0.15, -0.1) is 0 Å². The molecule has 1 N–H and O–H groups in total. The van der Waals surface area contributed by atoms with Crippen molar-refractivity contribution in [2.45, 2.75) is 110 Å². The third-order valence-electron chi connectivity index (χ3n) is 4.51. The Labute approximate surface area is 160 Å². The van der Waals surface area contributed by atoms with E-state index in [1.807, 2.05) is 0 Å². The van der Waals surface area contributed by atoms with Crippen molar-refractivity contribution in [3.63, 3.8) is 0 Å². The fourth-order valence-electron chi connectivity index (χ4n) is 2.94. The number of rotatable bonds is 19. The molecule has 0 fully saturated rings. The molecule has 0 radical (unpaired) electrons. The smallest absolute Gasteiger partial charge is 0.234 e. The fourth-order valence-corrected chi connectivity index (χ4v) is 4.03. The maximum Gasteiger partial charge on any atom is 0.234 e. The minimum atomic E-state index is -3.58. The summed E-state index contributed by atoms with van der Waals surface area (Å²) in [6.45, 7) is 2.24. The molecular weight excluding hydrogens is 350 g/mol. The summed E-state index contributed by atoms with van der Waals surface area (Å²) in [5.74, 6) is -0.602. The van der Waals surface area contributed by atoms with Gasteiger partial charge in [0.05, 0.1) is 5.75 Å². The maximum absolute atomic E-state index is 11.6. The van der Waals surface area contributed by atoms with Crippen LogP contribution >= 0.6 is 0 Å². The molecule has 5 nitrogen and oxygen atoms in total. The van der Waals surface area contributed by atoms with Gasteiger partial charge < -0.3 is 4.79 Å². The first-order valence-electron chi connectivity index (χ1n) is 10.5. The van der Waals surface area contributed by atoms with Gasteiger partial charge >= 0.3 is 0 Å². The van der Waals surface area contributed by atoms with Crippen molar-refractivity contribution in [2.24, 2.45) is 0 Å². The maximum atomic E-state index is 11.6. The molecule has 0 aromatic rings. The standard InChI is InChI=1S/C20H39NO4S/c1-2-3-4-5-6-7-8-9-10-11-12-13-14-17-20(23)21-26(24,25)19-16-15-18-22/h18H,2-17,19H2,1H3,(H,21,23). The molecule has 0 heterocycles. The van der Waals surface area contributed by atoms with Gasteiger partial charge in [-0.1, -0.05) is 84.0 Å². The number of nitrogens with one attached hydrogen (secondary N) is 1. The predicted octanol–water partition coefficient (Wildman–Crippen LogP) is 4.89. The van der Waals surface area contributed by atoms with Crippen LogP contribution in [0.25, 0.3) is 0 Å². The first-order valence-corrected chi connectivity index (χ1v) is 12.1. The van der Waals surface area contributed by atoms with Gasteiger partial charge in [0, 0.05) is 12.8 Å². The van der Waals surface area contributed by atoms with Crippen molar-refractivity contribution in [1.82, 2.24) is 4.72 Å². The Hall–Kier alpha value is -0.910. The van der Waals surface area contributed by atoms with Crippen molar-refractivity contribution in [2.75, 3.05) is 5.75 Å². The van der Waals surface area contributed by atoms with E-state index in [2.05, 4.69) is 11.6 Å². The third kappa shape index (κ3) is 17.9. The Morgan fingerprint density at radius 2 is 1.23 bits per heavy atom. The summed E-state index contributed by atoms with van der Waals surface area (Å²) in [6, 6.07) is 0. The van der Waals surface area contributed by atoms with E-state index in [-0.39, 0.29) is 25.0 Å². The second-order valence-electron chi connectivity index (χ2n) is 7.15. The molecular formula is C20H39NO4S. The lowest BCUT2D eigenvalue weighted by Gasteiger charge is -2.06. The quantitative estimate of drug-likeness (QED) is 0.252. The predicted molar refractivity (Wildman–Crippen MR) is 108 cm³/mol. The highest BCUT2D eigenvalue weighted by atomic mass is 32.2. The average molecular weight is 390 g/mol. The zero-order valence-electron chi connectivity index (χ0n) is 16.6. The van der Waals surface area contributed by atoms with Gasteiger partial charge in [0.25, 0.3) is 0 Å². The molecule has 0 bridgehead atoms. The van der Waals surface area contributed by atoms with Crippen molar-refractivity contribution in [1.29, 1.82) is 0 Å². The number of hydrogen-bond donors (Lipinski definition) is 1. The zero-order valence-corrected chi connectivity index (χ0v) is 17.5. The third-order valence-corrected chi connectivity index (χ3v) is 5.88. The number of unbranched alkanes of at least 4 members (excludes halogenated alkanes) is 13. The lowest BCUT2D eigenvalue weighted by Crippen LogP contribution is -2.32. The molecule has 0 spiro atoms. The Balaban J connectivity index is 3.41. The van der Waals surface area contributed by atoms with Crippen molar-refractivity contribution in [3.8, 4) is 0 Å². The molecule has 0 aliphatic carbocycles. The van der Waals surface area contributed by atoms with Gasteiger partial charge in [-0.3, -0.25) is 9.52 Å². The number of sulfonamides is 1. The molecule has 0 aromatic carbocycles. The van der Waals surface area contributed by atoms with Crippen molar-refractivity contribution < 1.29 is 18.0 Å². The molecule has 0 aliphatic heterocycles. The van der Waals surface area contributed by atoms with Gasteiger partial charge in [0.1, 0.15) is 6.29 Å². The largest absolute Gasteiger partial charge is 0.303 e. The van der Waals surface area contributed by atoms with Gasteiger partial charge in [-0.25, -0.2) is 8.42 Å². The number of carbonyl (C=O) groups excluding carboxylic acids is 2. The Kier molecular flexibility index (Phi) is 16.9. The molecule has 154 valence electrons. The van der Waals surface area contributed by atoms with E-state index >= 15 is 0 Å². The Bertz CT molecular complexity index is 449. The summed E-state index contributed by atoms with van der Waals surface area (Å²) in [5.41, 5.74) is 0. The topological polar surface area (TPSA) is 80.3 Å². The summed E-state index contributed by atoms with van der Waals surface area (Å²) < 4.78 is 25.3. The van der Waals surface area contributed by atoms with Gasteiger partial charge in [0.15, 0.2) is 0 Å². The number of hydrogen-bond acceptors (Lipinski definition) is 4. The molecule has 6 heteroatoms. The zero-order chi connectivity index (χ0) is 19.5. The summed E-state index contributed by atoms with van der Waals surface area (Å²) in [6.07, 6.45) is 17.4. The summed E-state index contributed by atoms with van der Waals surface area (Å²) >= 11 is 0. The molecule has 0 aliphatic rings. The highest BCUT2D eigenvalue weighted by molar-refractivity contribution is 7.90. The number of aldehydes is 1. The monoisotopic (exact) mass is 389 g/mol. The van der Waals surface area contributed by atoms with E-state index in [0.717, 1.165) is 19.3 Å². The average Bonchev–Trinajstić information content (AvgIpc) is 2.58. The first kappa shape index (κ1) is 25.1.